The number of carboxylic acids is 2. The summed E-state index contributed by atoms with van der Waals surface area (Å²) < 4.78 is 37.6. The molecule has 0 spiro atoms. The van der Waals surface area contributed by atoms with Gasteiger partial charge in [-0.25, -0.2) is 9.78 Å². The lowest BCUT2D eigenvalue weighted by molar-refractivity contribution is -0.192. The first-order valence-electron chi connectivity index (χ1n) is 10.2. The second kappa shape index (κ2) is 10.5. The van der Waals surface area contributed by atoms with Crippen LogP contribution < -0.4 is 10.1 Å². The quantitative estimate of drug-likeness (QED) is 0.520. The molecule has 1 aromatic heterocycles. The molecular formula is C23H27F3N2O5. The zero-order valence-electron chi connectivity index (χ0n) is 18.5. The van der Waals surface area contributed by atoms with Crippen LogP contribution in [0.1, 0.15) is 37.4 Å². The van der Waals surface area contributed by atoms with Gasteiger partial charge in [0.05, 0.1) is 6.61 Å². The van der Waals surface area contributed by atoms with Gasteiger partial charge in [-0.1, -0.05) is 32.0 Å². The van der Waals surface area contributed by atoms with E-state index in [-0.39, 0.29) is 17.8 Å². The maximum Gasteiger partial charge on any atom is 0.490 e. The standard InChI is InChI=1S/C21H26N2O3.C2HF3O2/c1-21(2)17(13-19(24)25)20(21)14-7-9-16(10-8-14)26-12-11-15-5-4-6-18(22-3)23-15;3-2(4,5)1(6)7/h4-10,17,20H,11-13H2,1-3H3,(H,22,23)(H,24,25);(H,6,7). The normalized spacial score (nSPS) is 18.5. The summed E-state index contributed by atoms with van der Waals surface area (Å²) in [6.07, 6.45) is -4.11. The SMILES string of the molecule is CNc1cccc(CCOc2ccc(C3C(CC(=O)O)C3(C)C)cc2)n1.O=C(O)C(F)(F)F. The number of alkyl halides is 3. The van der Waals surface area contributed by atoms with Crippen molar-refractivity contribution < 1.29 is 37.7 Å². The van der Waals surface area contributed by atoms with E-state index in [1.807, 2.05) is 37.4 Å². The van der Waals surface area contributed by atoms with Gasteiger partial charge in [-0.05, 0) is 47.1 Å². The van der Waals surface area contributed by atoms with Crippen LogP contribution in [-0.4, -0.2) is 47.0 Å². The molecule has 0 bridgehead atoms. The van der Waals surface area contributed by atoms with E-state index < -0.39 is 18.1 Å². The summed E-state index contributed by atoms with van der Waals surface area (Å²) >= 11 is 0. The maximum atomic E-state index is 11.0. The predicted octanol–water partition coefficient (Wildman–Crippen LogP) is 4.59. The zero-order valence-corrected chi connectivity index (χ0v) is 18.5. The van der Waals surface area contributed by atoms with Crippen LogP contribution in [0.4, 0.5) is 19.0 Å². The van der Waals surface area contributed by atoms with E-state index in [1.165, 1.54) is 5.56 Å². The minimum absolute atomic E-state index is 0.0464. The van der Waals surface area contributed by atoms with Crippen LogP contribution >= 0.6 is 0 Å². The fraction of sp³-hybridized carbons (Fsp3) is 0.435. The van der Waals surface area contributed by atoms with Crippen molar-refractivity contribution in [2.75, 3.05) is 19.0 Å². The largest absolute Gasteiger partial charge is 0.493 e. The number of halogens is 3. The molecule has 7 nitrogen and oxygen atoms in total. The Hall–Kier alpha value is -3.30. The van der Waals surface area contributed by atoms with E-state index in [4.69, 9.17) is 19.7 Å². The third kappa shape index (κ3) is 7.37. The Morgan fingerprint density at radius 2 is 1.73 bits per heavy atom. The lowest BCUT2D eigenvalue weighted by Crippen LogP contribution is -2.21. The molecule has 1 aliphatic rings. The van der Waals surface area contributed by atoms with Crippen molar-refractivity contribution in [2.24, 2.45) is 11.3 Å². The number of carbonyl (C=O) groups is 2. The second-order valence-electron chi connectivity index (χ2n) is 8.24. The fourth-order valence-corrected chi connectivity index (χ4v) is 3.78. The van der Waals surface area contributed by atoms with Crippen molar-refractivity contribution in [3.63, 3.8) is 0 Å². The predicted molar refractivity (Wildman–Crippen MR) is 115 cm³/mol. The molecule has 3 N–H and O–H groups in total. The van der Waals surface area contributed by atoms with Crippen LogP contribution in [0.5, 0.6) is 5.75 Å². The van der Waals surface area contributed by atoms with Crippen LogP contribution in [0.15, 0.2) is 42.5 Å². The maximum absolute atomic E-state index is 11.0. The molecule has 1 aromatic carbocycles. The van der Waals surface area contributed by atoms with Crippen LogP contribution in [0.25, 0.3) is 0 Å². The summed E-state index contributed by atoms with van der Waals surface area (Å²) in [5, 5.41) is 19.2. The number of nitrogens with zero attached hydrogens (tertiary/aromatic N) is 1. The van der Waals surface area contributed by atoms with Gasteiger partial charge < -0.3 is 20.3 Å². The first kappa shape index (κ1) is 26.0. The highest BCUT2D eigenvalue weighted by molar-refractivity contribution is 5.73. The average molecular weight is 468 g/mol. The summed E-state index contributed by atoms with van der Waals surface area (Å²) in [5.74, 6) is -1.28. The topological polar surface area (TPSA) is 109 Å². The van der Waals surface area contributed by atoms with E-state index in [0.717, 1.165) is 23.7 Å². The van der Waals surface area contributed by atoms with E-state index in [9.17, 15) is 18.0 Å². The van der Waals surface area contributed by atoms with Gasteiger partial charge in [0.25, 0.3) is 0 Å². The number of rotatable bonds is 8. The molecule has 1 aliphatic carbocycles. The molecule has 33 heavy (non-hydrogen) atoms. The molecule has 1 fully saturated rings. The fourth-order valence-electron chi connectivity index (χ4n) is 3.78. The van der Waals surface area contributed by atoms with Crippen LogP contribution in [0, 0.1) is 11.3 Å². The molecule has 0 aliphatic heterocycles. The molecular weight excluding hydrogens is 441 g/mol. The molecule has 2 unspecified atom stereocenters. The van der Waals surface area contributed by atoms with Crippen LogP contribution in [0.2, 0.25) is 0 Å². The number of aliphatic carboxylic acids is 2. The molecule has 0 saturated heterocycles. The van der Waals surface area contributed by atoms with Crippen molar-refractivity contribution in [2.45, 2.75) is 38.8 Å². The minimum Gasteiger partial charge on any atom is -0.493 e. The lowest BCUT2D eigenvalue weighted by Gasteiger charge is -2.08. The van der Waals surface area contributed by atoms with Crippen LogP contribution in [0.3, 0.4) is 0 Å². The monoisotopic (exact) mass is 468 g/mol. The Balaban J connectivity index is 0.000000479. The van der Waals surface area contributed by atoms with E-state index in [2.05, 4.69) is 36.3 Å². The Morgan fingerprint density at radius 1 is 1.12 bits per heavy atom. The van der Waals surface area contributed by atoms with E-state index in [0.29, 0.717) is 12.5 Å². The van der Waals surface area contributed by atoms with E-state index in [1.54, 1.807) is 0 Å². The van der Waals surface area contributed by atoms with Gasteiger partial charge in [-0.3, -0.25) is 4.79 Å². The number of hydrogen-bond acceptors (Lipinski definition) is 5. The van der Waals surface area contributed by atoms with Crippen molar-refractivity contribution in [3.05, 3.63) is 53.7 Å². The van der Waals surface area contributed by atoms with Gasteiger partial charge in [-0.15, -0.1) is 0 Å². The molecule has 1 heterocycles. The van der Waals surface area contributed by atoms with Crippen molar-refractivity contribution in [1.82, 2.24) is 4.98 Å². The number of carboxylic acid groups (broad SMARTS) is 2. The smallest absolute Gasteiger partial charge is 0.490 e. The lowest BCUT2D eigenvalue weighted by atomic mass is 10.0. The summed E-state index contributed by atoms with van der Waals surface area (Å²) in [4.78, 5) is 24.4. The Morgan fingerprint density at radius 3 is 2.24 bits per heavy atom. The first-order valence-corrected chi connectivity index (χ1v) is 10.2. The van der Waals surface area contributed by atoms with Gasteiger partial charge in [0.2, 0.25) is 0 Å². The van der Waals surface area contributed by atoms with Crippen LogP contribution in [-0.2, 0) is 16.0 Å². The summed E-state index contributed by atoms with van der Waals surface area (Å²) in [7, 11) is 1.85. The van der Waals surface area contributed by atoms with Gasteiger partial charge in [0, 0.05) is 25.6 Å². The number of benzene rings is 1. The van der Waals surface area contributed by atoms with Gasteiger partial charge in [-0.2, -0.15) is 13.2 Å². The molecule has 2 aromatic rings. The summed E-state index contributed by atoms with van der Waals surface area (Å²) in [6.45, 7) is 4.85. The number of hydrogen-bond donors (Lipinski definition) is 3. The highest BCUT2D eigenvalue weighted by atomic mass is 19.4. The molecule has 180 valence electrons. The number of aromatic nitrogens is 1. The summed E-state index contributed by atoms with van der Waals surface area (Å²) in [5.41, 5.74) is 2.23. The van der Waals surface area contributed by atoms with Crippen molar-refractivity contribution in [3.8, 4) is 5.75 Å². The van der Waals surface area contributed by atoms with Crippen molar-refractivity contribution in [1.29, 1.82) is 0 Å². The molecule has 0 amide bonds. The van der Waals surface area contributed by atoms with E-state index >= 15 is 0 Å². The van der Waals surface area contributed by atoms with Crippen molar-refractivity contribution >= 4 is 17.8 Å². The number of nitrogens with one attached hydrogen (secondary N) is 1. The Labute approximate surface area is 189 Å². The van der Waals surface area contributed by atoms with Gasteiger partial charge >= 0.3 is 18.1 Å². The first-order chi connectivity index (χ1) is 15.4. The molecule has 2 atom stereocenters. The van der Waals surface area contributed by atoms with Gasteiger partial charge in [0.15, 0.2) is 0 Å². The number of ether oxygens (including phenoxy) is 1. The zero-order chi connectivity index (χ0) is 24.8. The molecule has 10 heteroatoms. The third-order valence-corrected chi connectivity index (χ3v) is 5.62. The number of pyridine rings is 1. The molecule has 1 saturated carbocycles. The highest BCUT2D eigenvalue weighted by Crippen LogP contribution is 2.65. The average Bonchev–Trinajstić information content (AvgIpc) is 3.27. The Kier molecular flexibility index (Phi) is 8.29. The molecule has 3 rings (SSSR count). The number of anilines is 1. The van der Waals surface area contributed by atoms with Gasteiger partial charge in [0.1, 0.15) is 11.6 Å². The third-order valence-electron chi connectivity index (χ3n) is 5.62. The minimum atomic E-state index is -5.08. The summed E-state index contributed by atoms with van der Waals surface area (Å²) in [6, 6.07) is 14.0. The molecule has 0 radical (unpaired) electrons. The Bertz CT molecular complexity index is 961. The highest BCUT2D eigenvalue weighted by Gasteiger charge is 2.58. The second-order valence-corrected chi connectivity index (χ2v) is 8.24.